The number of rotatable bonds is 2. The van der Waals surface area contributed by atoms with Gasteiger partial charge in [0.2, 0.25) is 0 Å². The molecule has 0 aliphatic heterocycles. The summed E-state index contributed by atoms with van der Waals surface area (Å²) in [4.78, 5) is 0. The molecule has 0 heterocycles. The summed E-state index contributed by atoms with van der Waals surface area (Å²) in [5, 5.41) is 0. The summed E-state index contributed by atoms with van der Waals surface area (Å²) in [5.74, 6) is 0. The van der Waals surface area contributed by atoms with Crippen LogP contribution in [-0.4, -0.2) is 0 Å². The molecule has 6 rings (SSSR count). The molecule has 0 radical (unpaired) electrons. The molecule has 1 atom stereocenters. The third kappa shape index (κ3) is 2.31. The Morgan fingerprint density at radius 3 is 2.58 bits per heavy atom. The lowest BCUT2D eigenvalue weighted by molar-refractivity contribution is 0.763. The Labute approximate surface area is 185 Å². The average molecular weight is 401 g/mol. The third-order valence-electron chi connectivity index (χ3n) is 7.64. The van der Waals surface area contributed by atoms with E-state index in [1.165, 1.54) is 50.1 Å². The molecular formula is C31H28. The van der Waals surface area contributed by atoms with Crippen molar-refractivity contribution in [2.45, 2.75) is 44.9 Å². The van der Waals surface area contributed by atoms with Crippen LogP contribution in [0, 0.1) is 0 Å². The second-order valence-corrected chi connectivity index (χ2v) is 9.24. The normalized spacial score (nSPS) is 23.2. The molecule has 152 valence electrons. The number of hydrogen-bond acceptors (Lipinski definition) is 0. The van der Waals surface area contributed by atoms with Gasteiger partial charge in [0.05, 0.1) is 5.41 Å². The van der Waals surface area contributed by atoms with Crippen LogP contribution in [-0.2, 0) is 5.41 Å². The fourth-order valence-electron chi connectivity index (χ4n) is 6.41. The predicted molar refractivity (Wildman–Crippen MR) is 134 cm³/mol. The summed E-state index contributed by atoms with van der Waals surface area (Å²) in [6, 6.07) is 14.0. The molecular weight excluding hydrogens is 372 g/mol. The van der Waals surface area contributed by atoms with Gasteiger partial charge in [0.15, 0.2) is 0 Å². The summed E-state index contributed by atoms with van der Waals surface area (Å²) in [6.45, 7) is 8.52. The first kappa shape index (κ1) is 18.6. The summed E-state index contributed by atoms with van der Waals surface area (Å²) in [7, 11) is 0. The van der Waals surface area contributed by atoms with Crippen LogP contribution in [0.3, 0.4) is 0 Å². The molecule has 2 aromatic carbocycles. The zero-order chi connectivity index (χ0) is 21.2. The molecule has 4 aliphatic rings. The number of benzene rings is 2. The minimum atomic E-state index is -0.175. The van der Waals surface area contributed by atoms with Crippen LogP contribution < -0.4 is 0 Å². The van der Waals surface area contributed by atoms with Gasteiger partial charge < -0.3 is 0 Å². The minimum absolute atomic E-state index is 0.175. The van der Waals surface area contributed by atoms with Crippen LogP contribution in [0.4, 0.5) is 0 Å². The van der Waals surface area contributed by atoms with Gasteiger partial charge in [-0.1, -0.05) is 72.9 Å². The minimum Gasteiger partial charge on any atom is -0.0984 e. The molecule has 2 aromatic rings. The van der Waals surface area contributed by atoms with Gasteiger partial charge in [-0.25, -0.2) is 0 Å². The fourth-order valence-corrected chi connectivity index (χ4v) is 6.41. The zero-order valence-electron chi connectivity index (χ0n) is 18.5. The Balaban J connectivity index is 1.78. The molecule has 0 aromatic heterocycles. The Morgan fingerprint density at radius 2 is 1.74 bits per heavy atom. The highest BCUT2D eigenvalue weighted by Crippen LogP contribution is 2.64. The van der Waals surface area contributed by atoms with Gasteiger partial charge in [-0.15, -0.1) is 0 Å². The van der Waals surface area contributed by atoms with Gasteiger partial charge in [-0.2, -0.15) is 0 Å². The quantitative estimate of drug-likeness (QED) is 0.476. The molecule has 0 saturated heterocycles. The molecule has 0 amide bonds. The summed E-state index contributed by atoms with van der Waals surface area (Å²) in [6.07, 6.45) is 18.3. The number of fused-ring (bicyclic) bond motifs is 8. The first-order chi connectivity index (χ1) is 15.2. The maximum absolute atomic E-state index is 4.12. The second-order valence-electron chi connectivity index (χ2n) is 9.24. The lowest BCUT2D eigenvalue weighted by atomic mass is 9.67. The predicted octanol–water partition coefficient (Wildman–Crippen LogP) is 8.27. The monoisotopic (exact) mass is 400 g/mol. The standard InChI is InChI=1S/C31H28/c1-4-10-22-19-30-26(18-21(22)5-2)25-16-15-20(3)17-29(25)31(30)27-13-8-6-11-23(27)24-12-7-9-14-28(24)31/h4-6,8-11,13-14,17-19H,2,7,12,15-16H2,1,3H3/b10-4-. The maximum atomic E-state index is 4.12. The zero-order valence-corrected chi connectivity index (χ0v) is 18.5. The van der Waals surface area contributed by atoms with E-state index >= 15 is 0 Å². The van der Waals surface area contributed by atoms with E-state index in [1.807, 2.05) is 6.08 Å². The first-order valence-electron chi connectivity index (χ1n) is 11.5. The first-order valence-corrected chi connectivity index (χ1v) is 11.5. The van der Waals surface area contributed by atoms with Crippen molar-refractivity contribution in [3.8, 4) is 0 Å². The van der Waals surface area contributed by atoms with Gasteiger partial charge in [-0.05, 0) is 107 Å². The lowest BCUT2D eigenvalue weighted by Gasteiger charge is -2.34. The van der Waals surface area contributed by atoms with E-state index < -0.39 is 0 Å². The number of allylic oxidation sites excluding steroid dienone is 9. The topological polar surface area (TPSA) is 0 Å². The third-order valence-corrected chi connectivity index (χ3v) is 7.64. The van der Waals surface area contributed by atoms with Crippen molar-refractivity contribution in [3.63, 3.8) is 0 Å². The smallest absolute Gasteiger partial charge is 0.0719 e. The lowest BCUT2D eigenvalue weighted by Crippen LogP contribution is -2.28. The highest BCUT2D eigenvalue weighted by Gasteiger charge is 2.53. The molecule has 0 fully saturated rings. The van der Waals surface area contributed by atoms with Crippen molar-refractivity contribution < 1.29 is 0 Å². The van der Waals surface area contributed by atoms with Gasteiger partial charge in [0, 0.05) is 0 Å². The Morgan fingerprint density at radius 1 is 0.903 bits per heavy atom. The van der Waals surface area contributed by atoms with E-state index in [9.17, 15) is 0 Å². The van der Waals surface area contributed by atoms with Crippen LogP contribution in [0.5, 0.6) is 0 Å². The van der Waals surface area contributed by atoms with Gasteiger partial charge in [-0.3, -0.25) is 0 Å². The second kappa shape index (κ2) is 6.69. The Kier molecular flexibility index (Phi) is 4.02. The molecule has 0 bridgehead atoms. The van der Waals surface area contributed by atoms with Crippen LogP contribution in [0.1, 0.15) is 72.9 Å². The van der Waals surface area contributed by atoms with E-state index in [2.05, 4.69) is 87.2 Å². The van der Waals surface area contributed by atoms with Crippen LogP contribution in [0.15, 0.2) is 84.0 Å². The van der Waals surface area contributed by atoms with Gasteiger partial charge in [0.25, 0.3) is 0 Å². The fraction of sp³-hybridized carbons (Fsp3) is 0.226. The van der Waals surface area contributed by atoms with Crippen LogP contribution in [0.25, 0.3) is 23.3 Å². The molecule has 31 heavy (non-hydrogen) atoms. The van der Waals surface area contributed by atoms with Gasteiger partial charge >= 0.3 is 0 Å². The van der Waals surface area contributed by atoms with E-state index in [4.69, 9.17) is 0 Å². The molecule has 0 N–H and O–H groups in total. The SMILES string of the molecule is C=Cc1cc2c(cc1/C=C\C)C1(C3=C(CCC=C3)c3ccccc31)C1=C2CCC(C)=C1. The van der Waals surface area contributed by atoms with Crippen molar-refractivity contribution in [1.29, 1.82) is 0 Å². The molecule has 0 saturated carbocycles. The van der Waals surface area contributed by atoms with E-state index in [0.717, 1.165) is 25.7 Å². The summed E-state index contributed by atoms with van der Waals surface area (Å²) < 4.78 is 0. The maximum Gasteiger partial charge on any atom is 0.0719 e. The average Bonchev–Trinajstić information content (AvgIpc) is 3.25. The summed E-state index contributed by atoms with van der Waals surface area (Å²) in [5.41, 5.74) is 15.8. The summed E-state index contributed by atoms with van der Waals surface area (Å²) >= 11 is 0. The van der Waals surface area contributed by atoms with Crippen LogP contribution >= 0.6 is 0 Å². The van der Waals surface area contributed by atoms with Crippen molar-refractivity contribution in [2.75, 3.05) is 0 Å². The van der Waals surface area contributed by atoms with E-state index in [1.54, 1.807) is 11.1 Å². The van der Waals surface area contributed by atoms with Crippen molar-refractivity contribution in [1.82, 2.24) is 0 Å². The van der Waals surface area contributed by atoms with Crippen LogP contribution in [0.2, 0.25) is 0 Å². The van der Waals surface area contributed by atoms with Crippen molar-refractivity contribution >= 4 is 23.3 Å². The molecule has 1 unspecified atom stereocenters. The van der Waals surface area contributed by atoms with Gasteiger partial charge in [0.1, 0.15) is 0 Å². The van der Waals surface area contributed by atoms with E-state index in [0.29, 0.717) is 0 Å². The molecule has 1 spiro atoms. The molecule has 0 nitrogen and oxygen atoms in total. The van der Waals surface area contributed by atoms with Crippen molar-refractivity contribution in [2.24, 2.45) is 0 Å². The number of hydrogen-bond donors (Lipinski definition) is 0. The highest BCUT2D eigenvalue weighted by atomic mass is 14.5. The largest absolute Gasteiger partial charge is 0.0984 e. The Hall–Kier alpha value is -3.12. The molecule has 4 aliphatic carbocycles. The van der Waals surface area contributed by atoms with E-state index in [-0.39, 0.29) is 5.41 Å². The highest BCUT2D eigenvalue weighted by molar-refractivity contribution is 5.98. The molecule has 0 heteroatoms. The Bertz CT molecular complexity index is 1300. The van der Waals surface area contributed by atoms with Crippen molar-refractivity contribution in [3.05, 3.63) is 117 Å².